The van der Waals surface area contributed by atoms with Crippen LogP contribution < -0.4 is 0 Å². The highest BCUT2D eigenvalue weighted by Gasteiger charge is 2.33. The highest BCUT2D eigenvalue weighted by Crippen LogP contribution is 2.29. The number of hydrogen-bond donors (Lipinski definition) is 0. The van der Waals surface area contributed by atoms with Crippen LogP contribution in [-0.4, -0.2) is 36.7 Å². The first-order valence-electron chi connectivity index (χ1n) is 5.83. The van der Waals surface area contributed by atoms with Crippen LogP contribution in [0.4, 0.5) is 0 Å². The molecule has 0 aromatic rings. The second-order valence-corrected chi connectivity index (χ2v) is 5.29. The van der Waals surface area contributed by atoms with Gasteiger partial charge in [-0.05, 0) is 25.7 Å². The predicted molar refractivity (Wildman–Crippen MR) is 60.5 cm³/mol. The van der Waals surface area contributed by atoms with Gasteiger partial charge >= 0.3 is 0 Å². The van der Waals surface area contributed by atoms with Crippen LogP contribution in [0.25, 0.3) is 0 Å². The van der Waals surface area contributed by atoms with Crippen LogP contribution in [0.5, 0.6) is 0 Å². The number of rotatable bonds is 3. The maximum Gasteiger partial charge on any atom is 0.0753 e. The molecule has 1 aliphatic rings. The van der Waals surface area contributed by atoms with Crippen LogP contribution >= 0.6 is 0 Å². The number of ether oxygens (including phenoxy) is 1. The van der Waals surface area contributed by atoms with Crippen molar-refractivity contribution in [3.05, 3.63) is 0 Å². The molecule has 1 fully saturated rings. The third kappa shape index (κ3) is 2.71. The standard InChI is InChI=1S/C12H25NO/c1-6-12(4,5)11-9-13(10(2)3)7-8-14-11/h10-11H,6-9H2,1-5H3. The summed E-state index contributed by atoms with van der Waals surface area (Å²) in [5.41, 5.74) is 0.313. The van der Waals surface area contributed by atoms with Crippen LogP contribution in [0.1, 0.15) is 41.0 Å². The highest BCUT2D eigenvalue weighted by molar-refractivity contribution is 4.84. The highest BCUT2D eigenvalue weighted by atomic mass is 16.5. The Bertz CT molecular complexity index is 177. The van der Waals surface area contributed by atoms with Gasteiger partial charge in [-0.25, -0.2) is 0 Å². The van der Waals surface area contributed by atoms with E-state index in [0.29, 0.717) is 17.6 Å². The normalized spacial score (nSPS) is 25.7. The molecular weight excluding hydrogens is 174 g/mol. The van der Waals surface area contributed by atoms with Crippen LogP contribution in [0, 0.1) is 5.41 Å². The molecule has 0 N–H and O–H groups in total. The molecule has 0 saturated carbocycles. The van der Waals surface area contributed by atoms with Crippen molar-refractivity contribution >= 4 is 0 Å². The van der Waals surface area contributed by atoms with Gasteiger partial charge in [0.2, 0.25) is 0 Å². The fourth-order valence-electron chi connectivity index (χ4n) is 1.84. The molecule has 2 heteroatoms. The first-order valence-corrected chi connectivity index (χ1v) is 5.83. The third-order valence-electron chi connectivity index (χ3n) is 3.61. The van der Waals surface area contributed by atoms with Crippen molar-refractivity contribution in [3.63, 3.8) is 0 Å². The second-order valence-electron chi connectivity index (χ2n) is 5.29. The topological polar surface area (TPSA) is 12.5 Å². The summed E-state index contributed by atoms with van der Waals surface area (Å²) in [5, 5.41) is 0. The summed E-state index contributed by atoms with van der Waals surface area (Å²) in [6, 6.07) is 0.647. The molecule has 1 unspecified atom stereocenters. The van der Waals surface area contributed by atoms with Crippen molar-refractivity contribution in [1.29, 1.82) is 0 Å². The lowest BCUT2D eigenvalue weighted by atomic mass is 9.83. The maximum absolute atomic E-state index is 5.87. The molecule has 0 bridgehead atoms. The SMILES string of the molecule is CCC(C)(C)C1CN(C(C)C)CCO1. The van der Waals surface area contributed by atoms with Crippen molar-refractivity contribution in [2.45, 2.75) is 53.2 Å². The summed E-state index contributed by atoms with van der Waals surface area (Å²) < 4.78 is 5.87. The minimum Gasteiger partial charge on any atom is -0.375 e. The molecule has 1 heterocycles. The zero-order valence-corrected chi connectivity index (χ0v) is 10.3. The van der Waals surface area contributed by atoms with Crippen molar-refractivity contribution in [1.82, 2.24) is 4.90 Å². The van der Waals surface area contributed by atoms with Gasteiger partial charge in [0.25, 0.3) is 0 Å². The van der Waals surface area contributed by atoms with E-state index in [1.165, 1.54) is 6.42 Å². The summed E-state index contributed by atoms with van der Waals surface area (Å²) in [6.45, 7) is 14.5. The van der Waals surface area contributed by atoms with Crippen molar-refractivity contribution in [2.75, 3.05) is 19.7 Å². The predicted octanol–water partition coefficient (Wildman–Crippen LogP) is 2.53. The van der Waals surface area contributed by atoms with E-state index in [4.69, 9.17) is 4.74 Å². The Balaban J connectivity index is 2.56. The third-order valence-corrected chi connectivity index (χ3v) is 3.61. The largest absolute Gasteiger partial charge is 0.375 e. The molecule has 0 aliphatic carbocycles. The summed E-state index contributed by atoms with van der Waals surface area (Å²) >= 11 is 0. The van der Waals surface area contributed by atoms with E-state index in [-0.39, 0.29) is 0 Å². The number of hydrogen-bond acceptors (Lipinski definition) is 2. The van der Waals surface area contributed by atoms with Gasteiger partial charge in [-0.15, -0.1) is 0 Å². The molecule has 1 atom stereocenters. The van der Waals surface area contributed by atoms with E-state index in [1.54, 1.807) is 0 Å². The van der Waals surface area contributed by atoms with Gasteiger partial charge in [0, 0.05) is 19.1 Å². The minimum absolute atomic E-state index is 0.313. The molecule has 0 spiro atoms. The van der Waals surface area contributed by atoms with E-state index < -0.39 is 0 Å². The van der Waals surface area contributed by atoms with E-state index in [1.807, 2.05) is 0 Å². The Morgan fingerprint density at radius 1 is 1.43 bits per heavy atom. The summed E-state index contributed by atoms with van der Waals surface area (Å²) in [4.78, 5) is 2.52. The summed E-state index contributed by atoms with van der Waals surface area (Å²) in [6.07, 6.45) is 1.59. The molecule has 1 saturated heterocycles. The van der Waals surface area contributed by atoms with Crippen molar-refractivity contribution in [3.8, 4) is 0 Å². The average molecular weight is 199 g/mol. The van der Waals surface area contributed by atoms with Crippen LogP contribution in [0.3, 0.4) is 0 Å². The smallest absolute Gasteiger partial charge is 0.0753 e. The summed E-state index contributed by atoms with van der Waals surface area (Å²) in [7, 11) is 0. The minimum atomic E-state index is 0.313. The maximum atomic E-state index is 5.87. The van der Waals surface area contributed by atoms with E-state index in [9.17, 15) is 0 Å². The summed E-state index contributed by atoms with van der Waals surface area (Å²) in [5.74, 6) is 0. The quantitative estimate of drug-likeness (QED) is 0.692. The average Bonchev–Trinajstić information content (AvgIpc) is 2.18. The Morgan fingerprint density at radius 2 is 2.07 bits per heavy atom. The van der Waals surface area contributed by atoms with Crippen LogP contribution in [-0.2, 0) is 4.74 Å². The van der Waals surface area contributed by atoms with Gasteiger partial charge in [0.1, 0.15) is 0 Å². The van der Waals surface area contributed by atoms with Crippen LogP contribution in [0.15, 0.2) is 0 Å². The number of morpholine rings is 1. The van der Waals surface area contributed by atoms with Gasteiger partial charge in [-0.3, -0.25) is 4.90 Å². The molecule has 14 heavy (non-hydrogen) atoms. The molecule has 0 aromatic heterocycles. The molecule has 1 aliphatic heterocycles. The Labute approximate surface area is 88.6 Å². The van der Waals surface area contributed by atoms with Crippen molar-refractivity contribution in [2.24, 2.45) is 5.41 Å². The zero-order valence-electron chi connectivity index (χ0n) is 10.3. The lowest BCUT2D eigenvalue weighted by Crippen LogP contribution is -2.50. The molecule has 0 amide bonds. The molecule has 1 rings (SSSR count). The Morgan fingerprint density at radius 3 is 2.57 bits per heavy atom. The molecule has 0 aromatic carbocycles. The van der Waals surface area contributed by atoms with Gasteiger partial charge in [0.05, 0.1) is 12.7 Å². The molecular formula is C12H25NO. The lowest BCUT2D eigenvalue weighted by Gasteiger charge is -2.42. The first-order chi connectivity index (χ1) is 6.47. The Hall–Kier alpha value is -0.0800. The van der Waals surface area contributed by atoms with Gasteiger partial charge in [-0.2, -0.15) is 0 Å². The van der Waals surface area contributed by atoms with Crippen LogP contribution in [0.2, 0.25) is 0 Å². The second kappa shape index (κ2) is 4.63. The fourth-order valence-corrected chi connectivity index (χ4v) is 1.84. The van der Waals surface area contributed by atoms with Crippen molar-refractivity contribution < 1.29 is 4.74 Å². The fraction of sp³-hybridized carbons (Fsp3) is 1.00. The monoisotopic (exact) mass is 199 g/mol. The van der Waals surface area contributed by atoms with E-state index in [0.717, 1.165) is 19.7 Å². The Kier molecular flexibility index (Phi) is 3.96. The van der Waals surface area contributed by atoms with Gasteiger partial charge in [-0.1, -0.05) is 20.8 Å². The first kappa shape index (κ1) is 12.0. The molecule has 0 radical (unpaired) electrons. The lowest BCUT2D eigenvalue weighted by molar-refractivity contribution is -0.0930. The van der Waals surface area contributed by atoms with E-state index >= 15 is 0 Å². The molecule has 2 nitrogen and oxygen atoms in total. The van der Waals surface area contributed by atoms with Gasteiger partial charge < -0.3 is 4.74 Å². The number of nitrogens with zero attached hydrogens (tertiary/aromatic N) is 1. The zero-order chi connectivity index (χ0) is 10.8. The van der Waals surface area contributed by atoms with Gasteiger partial charge in [0.15, 0.2) is 0 Å². The molecule has 84 valence electrons. The van der Waals surface area contributed by atoms with E-state index in [2.05, 4.69) is 39.5 Å².